The van der Waals surface area contributed by atoms with Gasteiger partial charge in [-0.2, -0.15) is 0 Å². The topological polar surface area (TPSA) is 61.4 Å². The Morgan fingerprint density at radius 3 is 2.79 bits per heavy atom. The highest BCUT2D eigenvalue weighted by atomic mass is 35.5. The third-order valence-corrected chi connectivity index (χ3v) is 4.47. The largest absolute Gasteiger partial charge is 0.350 e. The second-order valence-corrected chi connectivity index (χ2v) is 6.62. The van der Waals surface area contributed by atoms with Crippen molar-refractivity contribution in [1.82, 2.24) is 10.2 Å². The summed E-state index contributed by atoms with van der Waals surface area (Å²) in [6, 6.07) is 5.43. The van der Waals surface area contributed by atoms with E-state index in [-0.39, 0.29) is 17.9 Å². The number of hydrogen-bond donors (Lipinski definition) is 2. The summed E-state index contributed by atoms with van der Waals surface area (Å²) >= 11 is 6.00. The van der Waals surface area contributed by atoms with Crippen LogP contribution >= 0.6 is 11.6 Å². The molecule has 2 amide bonds. The number of halogens is 1. The van der Waals surface area contributed by atoms with E-state index >= 15 is 0 Å². The number of anilines is 1. The molecule has 0 saturated heterocycles. The Hall–Kier alpha value is -1.85. The van der Waals surface area contributed by atoms with Gasteiger partial charge < -0.3 is 10.6 Å². The minimum Gasteiger partial charge on any atom is -0.350 e. The fourth-order valence-electron chi connectivity index (χ4n) is 2.81. The highest BCUT2D eigenvalue weighted by Gasteiger charge is 2.19. The third-order valence-electron chi connectivity index (χ3n) is 4.04. The second kappa shape index (κ2) is 8.31. The number of rotatable bonds is 5. The van der Waals surface area contributed by atoms with Crippen LogP contribution in [0.2, 0.25) is 5.02 Å². The average Bonchev–Trinajstić information content (AvgIpc) is 2.50. The standard InChI is InChI=1S/C18H24ClN3O2/c1-12-9-16(6-7-17(12)19)21-18(24)11-22-8-4-5-15(10-22)13(2)20-14(3)23/h5-7,9,13H,4,8,10-11H2,1-3H3,(H,20,23)(H,21,24). The molecule has 2 N–H and O–H groups in total. The lowest BCUT2D eigenvalue weighted by Gasteiger charge is -2.29. The Bertz CT molecular complexity index is 658. The van der Waals surface area contributed by atoms with Crippen molar-refractivity contribution in [2.24, 2.45) is 0 Å². The smallest absolute Gasteiger partial charge is 0.238 e. The summed E-state index contributed by atoms with van der Waals surface area (Å²) in [7, 11) is 0. The molecule has 5 nitrogen and oxygen atoms in total. The summed E-state index contributed by atoms with van der Waals surface area (Å²) in [6.07, 6.45) is 3.03. The van der Waals surface area contributed by atoms with Crippen LogP contribution in [0.15, 0.2) is 29.8 Å². The number of nitrogens with zero attached hydrogens (tertiary/aromatic N) is 1. The lowest BCUT2D eigenvalue weighted by molar-refractivity contribution is -0.119. The molecular formula is C18H24ClN3O2. The Kier molecular flexibility index (Phi) is 6.40. The van der Waals surface area contributed by atoms with Crippen LogP contribution in [0.1, 0.15) is 25.8 Å². The van der Waals surface area contributed by atoms with E-state index in [4.69, 9.17) is 11.6 Å². The van der Waals surface area contributed by atoms with Gasteiger partial charge in [0.1, 0.15) is 0 Å². The molecule has 1 aliphatic heterocycles. The van der Waals surface area contributed by atoms with E-state index in [2.05, 4.69) is 21.6 Å². The summed E-state index contributed by atoms with van der Waals surface area (Å²) in [4.78, 5) is 25.5. The van der Waals surface area contributed by atoms with Gasteiger partial charge in [-0.05, 0) is 49.6 Å². The summed E-state index contributed by atoms with van der Waals surface area (Å²) < 4.78 is 0. The van der Waals surface area contributed by atoms with Crippen molar-refractivity contribution >= 4 is 29.1 Å². The summed E-state index contributed by atoms with van der Waals surface area (Å²) in [5.74, 6) is -0.0958. The van der Waals surface area contributed by atoms with Gasteiger partial charge in [-0.1, -0.05) is 17.7 Å². The molecule has 0 aromatic heterocycles. The first-order valence-corrected chi connectivity index (χ1v) is 8.47. The van der Waals surface area contributed by atoms with Crippen LogP contribution in [0, 0.1) is 6.92 Å². The fraction of sp³-hybridized carbons (Fsp3) is 0.444. The van der Waals surface area contributed by atoms with Gasteiger partial charge in [-0.25, -0.2) is 0 Å². The summed E-state index contributed by atoms with van der Waals surface area (Å²) in [5, 5.41) is 6.48. The molecule has 1 aliphatic rings. The van der Waals surface area contributed by atoms with E-state index in [0.29, 0.717) is 18.1 Å². The van der Waals surface area contributed by atoms with Gasteiger partial charge in [0, 0.05) is 36.8 Å². The van der Waals surface area contributed by atoms with Crippen LogP contribution in [0.25, 0.3) is 0 Å². The van der Waals surface area contributed by atoms with Crippen molar-refractivity contribution in [2.75, 3.05) is 25.0 Å². The number of nitrogens with one attached hydrogen (secondary N) is 2. The van der Waals surface area contributed by atoms with Crippen molar-refractivity contribution in [1.29, 1.82) is 0 Å². The molecule has 6 heteroatoms. The predicted molar refractivity (Wildman–Crippen MR) is 97.2 cm³/mol. The lowest BCUT2D eigenvalue weighted by atomic mass is 10.0. The van der Waals surface area contributed by atoms with E-state index in [9.17, 15) is 9.59 Å². The zero-order chi connectivity index (χ0) is 17.7. The van der Waals surface area contributed by atoms with Gasteiger partial charge in [-0.3, -0.25) is 14.5 Å². The van der Waals surface area contributed by atoms with Crippen LogP contribution in [0.4, 0.5) is 5.69 Å². The molecule has 1 atom stereocenters. The second-order valence-electron chi connectivity index (χ2n) is 6.21. The van der Waals surface area contributed by atoms with Crippen molar-refractivity contribution in [3.8, 4) is 0 Å². The zero-order valence-corrected chi connectivity index (χ0v) is 15.1. The number of carbonyl (C=O) groups excluding carboxylic acids is 2. The monoisotopic (exact) mass is 349 g/mol. The number of carbonyl (C=O) groups is 2. The van der Waals surface area contributed by atoms with Crippen LogP contribution in [-0.2, 0) is 9.59 Å². The molecule has 1 heterocycles. The van der Waals surface area contributed by atoms with Crippen molar-refractivity contribution in [3.63, 3.8) is 0 Å². The van der Waals surface area contributed by atoms with Crippen LogP contribution in [0.5, 0.6) is 0 Å². The number of aryl methyl sites for hydroxylation is 1. The molecule has 0 radical (unpaired) electrons. The Labute approximate surface area is 148 Å². The normalized spacial score (nSPS) is 16.2. The van der Waals surface area contributed by atoms with Gasteiger partial charge >= 0.3 is 0 Å². The van der Waals surface area contributed by atoms with Gasteiger partial charge in [-0.15, -0.1) is 0 Å². The Morgan fingerprint density at radius 1 is 1.38 bits per heavy atom. The highest BCUT2D eigenvalue weighted by molar-refractivity contribution is 6.31. The van der Waals surface area contributed by atoms with Gasteiger partial charge in [0.15, 0.2) is 0 Å². The number of amides is 2. The van der Waals surface area contributed by atoms with Gasteiger partial charge in [0.25, 0.3) is 0 Å². The summed E-state index contributed by atoms with van der Waals surface area (Å²) in [6.45, 7) is 7.24. The maximum Gasteiger partial charge on any atom is 0.238 e. The molecule has 1 aromatic rings. The molecule has 1 aromatic carbocycles. The summed E-state index contributed by atoms with van der Waals surface area (Å²) in [5.41, 5.74) is 2.83. The van der Waals surface area contributed by atoms with Crippen LogP contribution < -0.4 is 10.6 Å². The van der Waals surface area contributed by atoms with E-state index < -0.39 is 0 Å². The molecule has 1 unspecified atom stereocenters. The Balaban J connectivity index is 1.89. The van der Waals surface area contributed by atoms with Gasteiger partial charge in [0.05, 0.1) is 6.54 Å². The highest BCUT2D eigenvalue weighted by Crippen LogP contribution is 2.19. The van der Waals surface area contributed by atoms with E-state index in [0.717, 1.165) is 29.8 Å². The molecule has 0 fully saturated rings. The average molecular weight is 350 g/mol. The molecule has 24 heavy (non-hydrogen) atoms. The van der Waals surface area contributed by atoms with Crippen LogP contribution in [-0.4, -0.2) is 42.4 Å². The molecule has 0 aliphatic carbocycles. The first-order valence-electron chi connectivity index (χ1n) is 8.09. The number of benzene rings is 1. The third kappa shape index (κ3) is 5.35. The van der Waals surface area contributed by atoms with E-state index in [1.165, 1.54) is 6.92 Å². The molecule has 0 saturated carbocycles. The van der Waals surface area contributed by atoms with Crippen LogP contribution in [0.3, 0.4) is 0 Å². The molecule has 0 bridgehead atoms. The minimum absolute atomic E-state index is 0.00715. The van der Waals surface area contributed by atoms with E-state index in [1.54, 1.807) is 12.1 Å². The molecular weight excluding hydrogens is 326 g/mol. The quantitative estimate of drug-likeness (QED) is 0.803. The SMILES string of the molecule is CC(=O)NC(C)C1=CCCN(CC(=O)Nc2ccc(Cl)c(C)c2)C1. The minimum atomic E-state index is -0.0508. The fourth-order valence-corrected chi connectivity index (χ4v) is 2.92. The number of hydrogen-bond acceptors (Lipinski definition) is 3. The first kappa shape index (κ1) is 18.5. The maximum atomic E-state index is 12.3. The predicted octanol–water partition coefficient (Wildman–Crippen LogP) is 2.74. The lowest BCUT2D eigenvalue weighted by Crippen LogP contribution is -2.42. The molecule has 0 spiro atoms. The zero-order valence-electron chi connectivity index (χ0n) is 14.4. The van der Waals surface area contributed by atoms with E-state index in [1.807, 2.05) is 19.9 Å². The van der Waals surface area contributed by atoms with Gasteiger partial charge in [0.2, 0.25) is 11.8 Å². The van der Waals surface area contributed by atoms with Crippen molar-refractivity contribution < 1.29 is 9.59 Å². The maximum absolute atomic E-state index is 12.3. The molecule has 2 rings (SSSR count). The first-order chi connectivity index (χ1) is 11.3. The Morgan fingerprint density at radius 2 is 2.12 bits per heavy atom. The molecule has 130 valence electrons. The van der Waals surface area contributed by atoms with Crippen molar-refractivity contribution in [2.45, 2.75) is 33.2 Å². The van der Waals surface area contributed by atoms with Crippen molar-refractivity contribution in [3.05, 3.63) is 40.4 Å².